The van der Waals surface area contributed by atoms with E-state index in [1.807, 2.05) is 30.3 Å². The van der Waals surface area contributed by atoms with Gasteiger partial charge in [0.2, 0.25) is 5.91 Å². The molecule has 9 heteroatoms. The zero-order chi connectivity index (χ0) is 23.5. The molecule has 2 N–H and O–H groups in total. The van der Waals surface area contributed by atoms with Crippen LogP contribution in [0.2, 0.25) is 0 Å². The molecule has 2 aliphatic rings. The number of amides is 3. The minimum Gasteiger partial charge on any atom is -0.351 e. The van der Waals surface area contributed by atoms with Gasteiger partial charge >= 0.3 is 0 Å². The molecule has 34 heavy (non-hydrogen) atoms. The van der Waals surface area contributed by atoms with Gasteiger partial charge in [-0.05, 0) is 61.4 Å². The van der Waals surface area contributed by atoms with Gasteiger partial charge in [0.1, 0.15) is 5.25 Å². The zero-order valence-electron chi connectivity index (χ0n) is 18.4. The van der Waals surface area contributed by atoms with Crippen molar-refractivity contribution in [2.45, 2.75) is 24.5 Å². The molecule has 3 aromatic rings. The number of aromatic nitrogens is 1. The number of likely N-dealkylation sites (tertiary alicyclic amines) is 1. The number of anilines is 2. The minimum absolute atomic E-state index is 0.0572. The van der Waals surface area contributed by atoms with Crippen LogP contribution in [0.5, 0.6) is 0 Å². The molecule has 0 saturated carbocycles. The number of pyridine rings is 1. The molecule has 0 aliphatic carbocycles. The number of nitrogens with one attached hydrogen (secondary N) is 2. The van der Waals surface area contributed by atoms with Crippen LogP contribution in [0.25, 0.3) is 10.9 Å². The Labute approximate surface area is 200 Å². The van der Waals surface area contributed by atoms with E-state index in [-0.39, 0.29) is 24.1 Å². The van der Waals surface area contributed by atoms with Gasteiger partial charge in [0.15, 0.2) is 5.17 Å². The fourth-order valence-electron chi connectivity index (χ4n) is 4.05. The Kier molecular flexibility index (Phi) is 6.27. The molecular formula is C25H23N5O3S. The average molecular weight is 474 g/mol. The summed E-state index contributed by atoms with van der Waals surface area (Å²) >= 11 is 1.37. The van der Waals surface area contributed by atoms with Crippen molar-refractivity contribution in [2.75, 3.05) is 23.7 Å². The van der Waals surface area contributed by atoms with Gasteiger partial charge < -0.3 is 15.5 Å². The molecule has 1 aromatic heterocycles. The Morgan fingerprint density at radius 3 is 2.59 bits per heavy atom. The van der Waals surface area contributed by atoms with Crippen molar-refractivity contribution in [2.24, 2.45) is 4.99 Å². The van der Waals surface area contributed by atoms with Gasteiger partial charge in [-0.15, -0.1) is 0 Å². The van der Waals surface area contributed by atoms with E-state index >= 15 is 0 Å². The first-order valence-corrected chi connectivity index (χ1v) is 12.0. The van der Waals surface area contributed by atoms with Gasteiger partial charge in [0.05, 0.1) is 11.2 Å². The standard InChI is InChI=1S/C25H23N5O3S/c31-22(15-21-24(33)29-25(34-21)30-13-1-2-14-30)27-17-10-8-16(9-11-17)23(32)28-20-7-3-6-19-18(20)5-4-12-26-19/h3-12,21H,1-2,13-15H2,(H,27,31)(H,28,32)/t21-/m1/s1. The molecular weight excluding hydrogens is 450 g/mol. The predicted octanol–water partition coefficient (Wildman–Crippen LogP) is 3.91. The lowest BCUT2D eigenvalue weighted by Gasteiger charge is -2.16. The summed E-state index contributed by atoms with van der Waals surface area (Å²) in [5.74, 6) is -0.768. The third kappa shape index (κ3) is 4.79. The van der Waals surface area contributed by atoms with Gasteiger partial charge in [-0.1, -0.05) is 17.8 Å². The van der Waals surface area contributed by atoms with Crippen molar-refractivity contribution < 1.29 is 14.4 Å². The average Bonchev–Trinajstić information content (AvgIpc) is 3.50. The summed E-state index contributed by atoms with van der Waals surface area (Å²) in [6.07, 6.45) is 3.97. The lowest BCUT2D eigenvalue weighted by molar-refractivity contribution is -0.121. The van der Waals surface area contributed by atoms with E-state index < -0.39 is 5.25 Å². The number of carbonyl (C=O) groups excluding carboxylic acids is 3. The number of amidine groups is 1. The van der Waals surface area contributed by atoms with Crippen molar-refractivity contribution in [3.8, 4) is 0 Å². The lowest BCUT2D eigenvalue weighted by Crippen LogP contribution is -2.25. The summed E-state index contributed by atoms with van der Waals surface area (Å²) in [5, 5.41) is 6.83. The maximum absolute atomic E-state index is 12.7. The molecule has 0 radical (unpaired) electrons. The van der Waals surface area contributed by atoms with Crippen molar-refractivity contribution >= 4 is 56.9 Å². The monoisotopic (exact) mass is 473 g/mol. The molecule has 1 fully saturated rings. The molecule has 1 saturated heterocycles. The molecule has 2 aromatic carbocycles. The normalized spacial score (nSPS) is 17.6. The third-order valence-electron chi connectivity index (χ3n) is 5.80. The largest absolute Gasteiger partial charge is 0.351 e. The lowest BCUT2D eigenvalue weighted by atomic mass is 10.1. The summed E-state index contributed by atoms with van der Waals surface area (Å²) in [4.78, 5) is 48.0. The number of benzene rings is 2. The first-order valence-electron chi connectivity index (χ1n) is 11.2. The molecule has 1 atom stereocenters. The molecule has 0 bridgehead atoms. The van der Waals surface area contributed by atoms with Crippen molar-refractivity contribution in [1.29, 1.82) is 0 Å². The maximum Gasteiger partial charge on any atom is 0.262 e. The van der Waals surface area contributed by atoms with Crippen LogP contribution >= 0.6 is 11.8 Å². The van der Waals surface area contributed by atoms with Gasteiger partial charge in [0.25, 0.3) is 11.8 Å². The van der Waals surface area contributed by atoms with Gasteiger partial charge in [-0.2, -0.15) is 4.99 Å². The summed E-state index contributed by atoms with van der Waals surface area (Å²) in [7, 11) is 0. The van der Waals surface area contributed by atoms with E-state index in [0.29, 0.717) is 16.9 Å². The van der Waals surface area contributed by atoms with Crippen LogP contribution in [-0.4, -0.2) is 51.1 Å². The summed E-state index contributed by atoms with van der Waals surface area (Å²) in [6, 6.07) is 15.9. The van der Waals surface area contributed by atoms with Crippen LogP contribution in [0.1, 0.15) is 29.6 Å². The number of thioether (sulfide) groups is 1. The summed E-state index contributed by atoms with van der Waals surface area (Å²) < 4.78 is 0. The Morgan fingerprint density at radius 1 is 1.00 bits per heavy atom. The molecule has 0 unspecified atom stereocenters. The number of hydrogen-bond acceptors (Lipinski definition) is 6. The van der Waals surface area contributed by atoms with E-state index in [0.717, 1.165) is 42.0 Å². The van der Waals surface area contributed by atoms with E-state index in [1.165, 1.54) is 11.8 Å². The summed E-state index contributed by atoms with van der Waals surface area (Å²) in [6.45, 7) is 1.82. The fourth-order valence-corrected chi connectivity index (χ4v) is 5.16. The highest BCUT2D eigenvalue weighted by Crippen LogP contribution is 2.29. The Bertz CT molecular complexity index is 1280. The Morgan fingerprint density at radius 2 is 1.79 bits per heavy atom. The number of rotatable bonds is 5. The SMILES string of the molecule is O=C(C[C@H]1SC(N2CCCC2)=NC1=O)Nc1ccc(C(=O)Nc2cccc3ncccc23)cc1. The maximum atomic E-state index is 12.7. The third-order valence-corrected chi connectivity index (χ3v) is 7.01. The molecule has 3 heterocycles. The number of nitrogens with zero attached hydrogens (tertiary/aromatic N) is 3. The second-order valence-electron chi connectivity index (χ2n) is 8.19. The molecule has 0 spiro atoms. The van der Waals surface area contributed by atoms with Crippen molar-refractivity contribution in [1.82, 2.24) is 9.88 Å². The predicted molar refractivity (Wildman–Crippen MR) is 134 cm³/mol. The van der Waals surface area contributed by atoms with Crippen molar-refractivity contribution in [3.63, 3.8) is 0 Å². The quantitative estimate of drug-likeness (QED) is 0.582. The van der Waals surface area contributed by atoms with E-state index in [1.54, 1.807) is 30.5 Å². The number of fused-ring (bicyclic) bond motifs is 1. The van der Waals surface area contributed by atoms with Gasteiger partial charge in [-0.3, -0.25) is 19.4 Å². The number of carbonyl (C=O) groups is 3. The van der Waals surface area contributed by atoms with Crippen molar-refractivity contribution in [3.05, 3.63) is 66.4 Å². The Balaban J connectivity index is 1.17. The van der Waals surface area contributed by atoms with Crippen LogP contribution < -0.4 is 10.6 Å². The smallest absolute Gasteiger partial charge is 0.262 e. The number of aliphatic imine (C=N–C) groups is 1. The first kappa shape index (κ1) is 22.1. The van der Waals surface area contributed by atoms with Crippen LogP contribution in [-0.2, 0) is 9.59 Å². The van der Waals surface area contributed by atoms with Gasteiger partial charge in [-0.25, -0.2) is 0 Å². The van der Waals surface area contributed by atoms with Crippen LogP contribution in [0.15, 0.2) is 65.8 Å². The molecule has 172 valence electrons. The second kappa shape index (κ2) is 9.64. The van der Waals surface area contributed by atoms with E-state index in [2.05, 4.69) is 25.5 Å². The highest BCUT2D eigenvalue weighted by Gasteiger charge is 2.33. The number of hydrogen-bond donors (Lipinski definition) is 2. The second-order valence-corrected chi connectivity index (χ2v) is 9.36. The first-order chi connectivity index (χ1) is 16.6. The van der Waals surface area contributed by atoms with Crippen LogP contribution in [0.4, 0.5) is 11.4 Å². The van der Waals surface area contributed by atoms with Crippen LogP contribution in [0.3, 0.4) is 0 Å². The minimum atomic E-state index is -0.490. The van der Waals surface area contributed by atoms with E-state index in [9.17, 15) is 14.4 Å². The molecule has 3 amide bonds. The topological polar surface area (TPSA) is 104 Å². The summed E-state index contributed by atoms with van der Waals surface area (Å²) in [5.41, 5.74) is 2.51. The molecule has 8 nitrogen and oxygen atoms in total. The van der Waals surface area contributed by atoms with Crippen LogP contribution in [0, 0.1) is 0 Å². The Hall–Kier alpha value is -3.72. The molecule has 2 aliphatic heterocycles. The van der Waals surface area contributed by atoms with E-state index in [4.69, 9.17) is 0 Å². The fraction of sp³-hybridized carbons (Fsp3) is 0.240. The zero-order valence-corrected chi connectivity index (χ0v) is 19.2. The highest BCUT2D eigenvalue weighted by atomic mass is 32.2. The molecule has 5 rings (SSSR count). The highest BCUT2D eigenvalue weighted by molar-refractivity contribution is 8.15. The van der Waals surface area contributed by atoms with Gasteiger partial charge in [0, 0.05) is 42.3 Å².